The summed E-state index contributed by atoms with van der Waals surface area (Å²) in [6, 6.07) is 3.52. The summed E-state index contributed by atoms with van der Waals surface area (Å²) in [5.41, 5.74) is 6.99. The van der Waals surface area contributed by atoms with Crippen molar-refractivity contribution in [1.29, 1.82) is 0 Å². The summed E-state index contributed by atoms with van der Waals surface area (Å²) in [4.78, 5) is 0. The summed E-state index contributed by atoms with van der Waals surface area (Å²) in [5.74, 6) is 0.631. The second kappa shape index (κ2) is 5.93. The molecular weight excluding hydrogens is 252 g/mol. The van der Waals surface area contributed by atoms with Gasteiger partial charge in [0.2, 0.25) is 0 Å². The van der Waals surface area contributed by atoms with Crippen molar-refractivity contribution in [3.05, 3.63) is 22.7 Å². The van der Waals surface area contributed by atoms with E-state index in [1.807, 2.05) is 0 Å². The summed E-state index contributed by atoms with van der Waals surface area (Å²) in [6.07, 6.45) is 1.66. The lowest BCUT2D eigenvalue weighted by atomic mass is 9.78. The van der Waals surface area contributed by atoms with Crippen molar-refractivity contribution in [3.63, 3.8) is 0 Å². The molecule has 0 radical (unpaired) electrons. The lowest BCUT2D eigenvalue weighted by Gasteiger charge is -2.13. The molecule has 0 bridgehead atoms. The molecule has 3 N–H and O–H groups in total. The van der Waals surface area contributed by atoms with Gasteiger partial charge >= 0.3 is 7.12 Å². The fourth-order valence-corrected chi connectivity index (χ4v) is 2.38. The Morgan fingerprint density at radius 1 is 1.56 bits per heavy atom. The zero-order valence-corrected chi connectivity index (χ0v) is 11.1. The third kappa shape index (κ3) is 2.49. The van der Waals surface area contributed by atoms with Gasteiger partial charge in [-0.05, 0) is 18.6 Å². The Morgan fingerprint density at radius 2 is 2.33 bits per heavy atom. The largest absolute Gasteiger partial charge is 0.495 e. The molecular formula is C12H17BClNO3. The Bertz CT molecular complexity index is 430. The van der Waals surface area contributed by atoms with Gasteiger partial charge in [-0.2, -0.15) is 0 Å². The Kier molecular flexibility index (Phi) is 4.51. The highest BCUT2D eigenvalue weighted by molar-refractivity contribution is 6.63. The lowest BCUT2D eigenvalue weighted by Crippen LogP contribution is -2.30. The van der Waals surface area contributed by atoms with E-state index in [9.17, 15) is 5.02 Å². The molecule has 0 spiro atoms. The number of halogens is 1. The van der Waals surface area contributed by atoms with Crippen molar-refractivity contribution in [2.45, 2.75) is 25.9 Å². The van der Waals surface area contributed by atoms with Crippen LogP contribution in [0.3, 0.4) is 0 Å². The minimum Gasteiger partial charge on any atom is -0.494 e. The molecule has 0 aromatic heterocycles. The van der Waals surface area contributed by atoms with Crippen LogP contribution >= 0.6 is 11.6 Å². The average Bonchev–Trinajstić information content (AvgIpc) is 2.71. The number of hydrogen-bond donors (Lipinski definition) is 2. The molecule has 0 saturated heterocycles. The summed E-state index contributed by atoms with van der Waals surface area (Å²) in [6.45, 7) is 2.99. The molecule has 1 aromatic rings. The SMILES string of the molecule is CCCCOc1ccc(Cl)c2c1B(O)OC2CN. The Balaban J connectivity index is 2.31. The lowest BCUT2D eigenvalue weighted by molar-refractivity contribution is 0.198. The number of rotatable bonds is 5. The van der Waals surface area contributed by atoms with E-state index >= 15 is 0 Å². The Morgan fingerprint density at radius 3 is 3.00 bits per heavy atom. The van der Waals surface area contributed by atoms with Gasteiger partial charge < -0.3 is 20.1 Å². The van der Waals surface area contributed by atoms with Crippen molar-refractivity contribution in [2.75, 3.05) is 13.2 Å². The molecule has 1 atom stereocenters. The summed E-state index contributed by atoms with van der Waals surface area (Å²) in [5, 5.41) is 10.5. The summed E-state index contributed by atoms with van der Waals surface area (Å²) < 4.78 is 11.0. The van der Waals surface area contributed by atoms with Gasteiger partial charge in [-0.1, -0.05) is 24.9 Å². The second-order valence-electron chi connectivity index (χ2n) is 4.29. The van der Waals surface area contributed by atoms with Crippen molar-refractivity contribution < 1.29 is 14.4 Å². The quantitative estimate of drug-likeness (QED) is 0.623. The summed E-state index contributed by atoms with van der Waals surface area (Å²) in [7, 11) is -1.01. The predicted octanol–water partition coefficient (Wildman–Crippen LogP) is 1.24. The smallest absolute Gasteiger partial charge is 0.494 e. The second-order valence-corrected chi connectivity index (χ2v) is 4.69. The zero-order valence-electron chi connectivity index (χ0n) is 10.4. The van der Waals surface area contributed by atoms with Crippen LogP contribution in [0.4, 0.5) is 0 Å². The third-order valence-corrected chi connectivity index (χ3v) is 3.36. The molecule has 1 unspecified atom stereocenters. The number of unbranched alkanes of at least 4 members (excludes halogenated alkanes) is 1. The first-order valence-corrected chi connectivity index (χ1v) is 6.55. The predicted molar refractivity (Wildman–Crippen MR) is 72.3 cm³/mol. The van der Waals surface area contributed by atoms with E-state index in [1.54, 1.807) is 12.1 Å². The summed E-state index contributed by atoms with van der Waals surface area (Å²) >= 11 is 6.14. The highest BCUT2D eigenvalue weighted by Gasteiger charge is 2.39. The molecule has 1 aliphatic heterocycles. The standard InChI is InChI=1S/C12H17BClNO3/c1-2-3-6-17-9-5-4-8(14)11-10(7-15)18-13(16)12(9)11/h4-5,10,16H,2-3,6-7,15H2,1H3. The highest BCUT2D eigenvalue weighted by atomic mass is 35.5. The van der Waals surface area contributed by atoms with E-state index in [0.29, 0.717) is 22.8 Å². The zero-order chi connectivity index (χ0) is 13.1. The molecule has 1 aliphatic rings. The van der Waals surface area contributed by atoms with Crippen LogP contribution in [0.25, 0.3) is 0 Å². The minimum absolute atomic E-state index is 0.280. The van der Waals surface area contributed by atoms with Gasteiger partial charge in [-0.15, -0.1) is 0 Å². The monoisotopic (exact) mass is 269 g/mol. The van der Waals surface area contributed by atoms with E-state index in [0.717, 1.165) is 18.4 Å². The molecule has 2 rings (SSSR count). The maximum absolute atomic E-state index is 9.93. The third-order valence-electron chi connectivity index (χ3n) is 3.03. The van der Waals surface area contributed by atoms with E-state index in [1.165, 1.54) is 0 Å². The van der Waals surface area contributed by atoms with E-state index in [2.05, 4.69) is 6.92 Å². The van der Waals surface area contributed by atoms with Gasteiger partial charge in [0.25, 0.3) is 0 Å². The molecule has 98 valence electrons. The number of nitrogens with two attached hydrogens (primary N) is 1. The molecule has 0 aliphatic carbocycles. The highest BCUT2D eigenvalue weighted by Crippen LogP contribution is 2.32. The van der Waals surface area contributed by atoms with Crippen LogP contribution in [0.1, 0.15) is 31.4 Å². The molecule has 18 heavy (non-hydrogen) atoms. The number of ether oxygens (including phenoxy) is 1. The van der Waals surface area contributed by atoms with Crippen LogP contribution in [0.2, 0.25) is 5.02 Å². The maximum atomic E-state index is 9.93. The van der Waals surface area contributed by atoms with E-state index in [-0.39, 0.29) is 12.6 Å². The topological polar surface area (TPSA) is 64.7 Å². The van der Waals surface area contributed by atoms with Gasteiger partial charge in [0, 0.05) is 22.6 Å². The first-order chi connectivity index (χ1) is 8.69. The Hall–Kier alpha value is -0.745. The van der Waals surface area contributed by atoms with Crippen LogP contribution in [-0.4, -0.2) is 25.3 Å². The van der Waals surface area contributed by atoms with Gasteiger partial charge in [-0.3, -0.25) is 0 Å². The van der Waals surface area contributed by atoms with Gasteiger partial charge in [0.1, 0.15) is 5.75 Å². The molecule has 1 aromatic carbocycles. The normalized spacial score (nSPS) is 18.0. The first-order valence-electron chi connectivity index (χ1n) is 6.17. The molecule has 0 amide bonds. The van der Waals surface area contributed by atoms with Crippen LogP contribution < -0.4 is 15.9 Å². The number of benzene rings is 1. The fraction of sp³-hybridized carbons (Fsp3) is 0.500. The Labute approximate surface area is 112 Å². The van der Waals surface area contributed by atoms with E-state index in [4.69, 9.17) is 26.7 Å². The molecule has 0 saturated carbocycles. The number of fused-ring (bicyclic) bond motifs is 1. The van der Waals surface area contributed by atoms with Crippen LogP contribution in [-0.2, 0) is 4.65 Å². The maximum Gasteiger partial charge on any atom is 0.495 e. The fourth-order valence-electron chi connectivity index (χ4n) is 2.09. The van der Waals surface area contributed by atoms with Crippen molar-refractivity contribution >= 4 is 24.2 Å². The van der Waals surface area contributed by atoms with Gasteiger partial charge in [0.15, 0.2) is 0 Å². The van der Waals surface area contributed by atoms with E-state index < -0.39 is 7.12 Å². The van der Waals surface area contributed by atoms with Crippen molar-refractivity contribution in [2.24, 2.45) is 5.73 Å². The molecule has 4 nitrogen and oxygen atoms in total. The molecule has 0 fully saturated rings. The average molecular weight is 270 g/mol. The molecule has 1 heterocycles. The van der Waals surface area contributed by atoms with Crippen LogP contribution in [0.15, 0.2) is 12.1 Å². The van der Waals surface area contributed by atoms with Gasteiger partial charge in [0.05, 0.1) is 12.7 Å². The van der Waals surface area contributed by atoms with Crippen LogP contribution in [0.5, 0.6) is 5.75 Å². The van der Waals surface area contributed by atoms with Gasteiger partial charge in [-0.25, -0.2) is 0 Å². The van der Waals surface area contributed by atoms with Crippen molar-refractivity contribution in [1.82, 2.24) is 0 Å². The number of hydrogen-bond acceptors (Lipinski definition) is 4. The molecule has 6 heteroatoms. The van der Waals surface area contributed by atoms with Crippen LogP contribution in [0, 0.1) is 0 Å². The minimum atomic E-state index is -1.01. The first kappa shape index (κ1) is 13.7. The van der Waals surface area contributed by atoms with Crippen molar-refractivity contribution in [3.8, 4) is 5.75 Å².